The molecule has 1 saturated heterocycles. The molecule has 1 aliphatic heterocycles. The Hall–Kier alpha value is 0.190. The van der Waals surface area contributed by atoms with Gasteiger partial charge in [-0.25, -0.2) is 16.8 Å². The van der Waals surface area contributed by atoms with Crippen molar-refractivity contribution < 1.29 is 16.8 Å². The predicted octanol–water partition coefficient (Wildman–Crippen LogP) is 1.16. The molecule has 1 atom stereocenters. The Bertz CT molecular complexity index is 435. The van der Waals surface area contributed by atoms with Gasteiger partial charge in [-0.2, -0.15) is 0 Å². The molecule has 0 saturated carbocycles. The maximum absolute atomic E-state index is 11.6. The summed E-state index contributed by atoms with van der Waals surface area (Å²) in [5, 5.41) is 0. The SMILES string of the molecule is CC1(C)C(CCS(=O)(=O)Cl)CCS1(=O)=O. The highest BCUT2D eigenvalue weighted by Gasteiger charge is 2.47. The van der Waals surface area contributed by atoms with E-state index in [0.717, 1.165) is 0 Å². The summed E-state index contributed by atoms with van der Waals surface area (Å²) in [5.41, 5.74) is 0. The minimum atomic E-state index is -3.52. The Morgan fingerprint density at radius 2 is 1.93 bits per heavy atom. The third kappa shape index (κ3) is 2.85. The zero-order valence-corrected chi connectivity index (χ0v) is 11.1. The van der Waals surface area contributed by atoms with Crippen LogP contribution in [0.5, 0.6) is 0 Å². The van der Waals surface area contributed by atoms with Crippen molar-refractivity contribution in [1.29, 1.82) is 0 Å². The first-order valence-corrected chi connectivity index (χ1v) is 8.84. The van der Waals surface area contributed by atoms with E-state index in [4.69, 9.17) is 10.7 Å². The second kappa shape index (κ2) is 3.89. The van der Waals surface area contributed by atoms with Gasteiger partial charge < -0.3 is 0 Å². The monoisotopic (exact) mass is 274 g/mol. The van der Waals surface area contributed by atoms with Gasteiger partial charge in [0.25, 0.3) is 0 Å². The number of halogens is 1. The van der Waals surface area contributed by atoms with Gasteiger partial charge in [-0.1, -0.05) is 0 Å². The molecule has 0 N–H and O–H groups in total. The fourth-order valence-electron chi connectivity index (χ4n) is 1.94. The fourth-order valence-corrected chi connectivity index (χ4v) is 4.63. The van der Waals surface area contributed by atoms with E-state index >= 15 is 0 Å². The quantitative estimate of drug-likeness (QED) is 0.724. The first-order valence-electron chi connectivity index (χ1n) is 4.71. The Kier molecular flexibility index (Phi) is 3.44. The van der Waals surface area contributed by atoms with Gasteiger partial charge in [0.15, 0.2) is 9.84 Å². The Morgan fingerprint density at radius 3 is 2.27 bits per heavy atom. The van der Waals surface area contributed by atoms with Crippen LogP contribution in [0.15, 0.2) is 0 Å². The Balaban J connectivity index is 2.76. The lowest BCUT2D eigenvalue weighted by Gasteiger charge is -2.24. The summed E-state index contributed by atoms with van der Waals surface area (Å²) in [6.45, 7) is 3.31. The number of hydrogen-bond donors (Lipinski definition) is 0. The molecule has 1 unspecified atom stereocenters. The van der Waals surface area contributed by atoms with Gasteiger partial charge in [0.05, 0.1) is 16.3 Å². The van der Waals surface area contributed by atoms with Crippen LogP contribution < -0.4 is 0 Å². The smallest absolute Gasteiger partial charge is 0.228 e. The third-order valence-electron chi connectivity index (χ3n) is 3.23. The van der Waals surface area contributed by atoms with Gasteiger partial charge in [-0.3, -0.25) is 0 Å². The van der Waals surface area contributed by atoms with E-state index in [0.29, 0.717) is 12.8 Å². The molecular formula is C8H15ClO4S2. The second-order valence-corrected chi connectivity index (χ2v) is 10.0. The molecule has 7 heteroatoms. The second-order valence-electron chi connectivity index (χ2n) is 4.44. The molecule has 1 aliphatic rings. The molecule has 1 fully saturated rings. The number of hydrogen-bond acceptors (Lipinski definition) is 4. The molecule has 0 aliphatic carbocycles. The van der Waals surface area contributed by atoms with E-state index in [2.05, 4.69) is 0 Å². The fraction of sp³-hybridized carbons (Fsp3) is 1.00. The van der Waals surface area contributed by atoms with Gasteiger partial charge in [0, 0.05) is 10.7 Å². The maximum atomic E-state index is 11.6. The van der Waals surface area contributed by atoms with Crippen molar-refractivity contribution in [3.63, 3.8) is 0 Å². The topological polar surface area (TPSA) is 68.3 Å². The predicted molar refractivity (Wildman–Crippen MR) is 60.2 cm³/mol. The zero-order chi connectivity index (χ0) is 11.9. The largest absolute Gasteiger partial charge is 0.232 e. The van der Waals surface area contributed by atoms with Crippen molar-refractivity contribution in [3.05, 3.63) is 0 Å². The molecular weight excluding hydrogens is 260 g/mol. The highest BCUT2D eigenvalue weighted by atomic mass is 35.7. The van der Waals surface area contributed by atoms with Gasteiger partial charge in [-0.05, 0) is 32.6 Å². The Morgan fingerprint density at radius 1 is 1.40 bits per heavy atom. The van der Waals surface area contributed by atoms with Crippen LogP contribution in [-0.2, 0) is 18.9 Å². The summed E-state index contributed by atoms with van der Waals surface area (Å²) >= 11 is 0. The van der Waals surface area contributed by atoms with Crippen LogP contribution in [0, 0.1) is 5.92 Å². The first-order chi connectivity index (χ1) is 6.56. The van der Waals surface area contributed by atoms with Crippen molar-refractivity contribution in [1.82, 2.24) is 0 Å². The molecule has 1 heterocycles. The lowest BCUT2D eigenvalue weighted by atomic mass is 9.90. The molecule has 15 heavy (non-hydrogen) atoms. The lowest BCUT2D eigenvalue weighted by molar-refractivity contribution is 0.410. The molecule has 0 spiro atoms. The average Bonchev–Trinajstić information content (AvgIpc) is 2.19. The molecule has 0 radical (unpaired) electrons. The van der Waals surface area contributed by atoms with Crippen LogP contribution in [-0.4, -0.2) is 33.1 Å². The van der Waals surface area contributed by atoms with Crippen molar-refractivity contribution in [2.24, 2.45) is 5.92 Å². The van der Waals surface area contributed by atoms with Crippen molar-refractivity contribution in [2.75, 3.05) is 11.5 Å². The highest BCUT2D eigenvalue weighted by molar-refractivity contribution is 8.13. The minimum Gasteiger partial charge on any atom is -0.228 e. The van der Waals surface area contributed by atoms with Crippen molar-refractivity contribution in [3.8, 4) is 0 Å². The van der Waals surface area contributed by atoms with E-state index < -0.39 is 23.6 Å². The molecule has 1 rings (SSSR count). The lowest BCUT2D eigenvalue weighted by Crippen LogP contribution is -2.34. The van der Waals surface area contributed by atoms with E-state index in [9.17, 15) is 16.8 Å². The number of rotatable bonds is 3. The summed E-state index contributed by atoms with van der Waals surface area (Å²) in [6, 6.07) is 0. The van der Waals surface area contributed by atoms with E-state index in [1.54, 1.807) is 13.8 Å². The highest BCUT2D eigenvalue weighted by Crippen LogP contribution is 2.39. The minimum absolute atomic E-state index is 0.115. The normalized spacial score (nSPS) is 29.1. The summed E-state index contributed by atoms with van der Waals surface area (Å²) in [4.78, 5) is 0. The molecule has 0 aromatic carbocycles. The Labute approximate surface area is 95.3 Å². The maximum Gasteiger partial charge on any atom is 0.232 e. The third-order valence-corrected chi connectivity index (χ3v) is 7.13. The molecule has 0 aromatic heterocycles. The van der Waals surface area contributed by atoms with Crippen molar-refractivity contribution >= 4 is 29.6 Å². The zero-order valence-electron chi connectivity index (χ0n) is 8.73. The molecule has 0 aromatic rings. The molecule has 0 amide bonds. The van der Waals surface area contributed by atoms with Crippen LogP contribution in [0.4, 0.5) is 0 Å². The van der Waals surface area contributed by atoms with Gasteiger partial charge in [0.1, 0.15) is 0 Å². The van der Waals surface area contributed by atoms with Gasteiger partial charge in [-0.15, -0.1) is 0 Å². The van der Waals surface area contributed by atoms with Gasteiger partial charge >= 0.3 is 0 Å². The summed E-state index contributed by atoms with van der Waals surface area (Å²) < 4.78 is 44.0. The van der Waals surface area contributed by atoms with Crippen LogP contribution in [0.2, 0.25) is 0 Å². The van der Waals surface area contributed by atoms with Gasteiger partial charge in [0.2, 0.25) is 9.05 Å². The van der Waals surface area contributed by atoms with E-state index in [1.165, 1.54) is 0 Å². The van der Waals surface area contributed by atoms with Crippen molar-refractivity contribution in [2.45, 2.75) is 31.4 Å². The molecule has 4 nitrogen and oxygen atoms in total. The summed E-state index contributed by atoms with van der Waals surface area (Å²) in [5.74, 6) is -0.124. The first kappa shape index (κ1) is 13.3. The molecule has 0 bridgehead atoms. The van der Waals surface area contributed by atoms with Crippen LogP contribution in [0.3, 0.4) is 0 Å². The summed E-state index contributed by atoms with van der Waals surface area (Å²) in [6.07, 6.45) is 0.847. The van der Waals surface area contributed by atoms with Crippen LogP contribution >= 0.6 is 10.7 Å². The van der Waals surface area contributed by atoms with E-state index in [1.807, 2.05) is 0 Å². The van der Waals surface area contributed by atoms with E-state index in [-0.39, 0.29) is 17.4 Å². The average molecular weight is 275 g/mol. The van der Waals surface area contributed by atoms with Crippen LogP contribution in [0.1, 0.15) is 26.7 Å². The number of sulfone groups is 1. The standard InChI is InChI=1S/C8H15ClO4S2/c1-8(2)7(3-5-14(8,10)11)4-6-15(9,12)13/h7H,3-6H2,1-2H3. The van der Waals surface area contributed by atoms with Crippen LogP contribution in [0.25, 0.3) is 0 Å². The molecule has 90 valence electrons. The summed E-state index contributed by atoms with van der Waals surface area (Å²) in [7, 11) is -1.50.